The normalized spacial score (nSPS) is 18.6. The lowest BCUT2D eigenvalue weighted by atomic mass is 10.0. The summed E-state index contributed by atoms with van der Waals surface area (Å²) in [6.07, 6.45) is 0.199. The molecule has 5 heteroatoms. The first kappa shape index (κ1) is 13.4. The minimum atomic E-state index is 0.0565. The van der Waals surface area contributed by atoms with E-state index in [0.29, 0.717) is 0 Å². The lowest BCUT2D eigenvalue weighted by Gasteiger charge is -2.42. The van der Waals surface area contributed by atoms with Crippen molar-refractivity contribution in [3.63, 3.8) is 0 Å². The van der Waals surface area contributed by atoms with Gasteiger partial charge >= 0.3 is 0 Å². The second-order valence-corrected chi connectivity index (χ2v) is 5.71. The molecule has 1 aliphatic rings. The third-order valence-electron chi connectivity index (χ3n) is 2.91. The van der Waals surface area contributed by atoms with Gasteiger partial charge in [-0.3, -0.25) is 9.69 Å². The highest BCUT2D eigenvalue weighted by atomic mass is 32.1. The molecule has 2 N–H and O–H groups in total. The zero-order valence-corrected chi connectivity index (χ0v) is 11.1. The molecule has 0 aromatic rings. The smallest absolute Gasteiger partial charge is 0.229 e. The van der Waals surface area contributed by atoms with Gasteiger partial charge in [0.05, 0.1) is 11.4 Å². The molecule has 0 radical (unpaired) electrons. The second-order valence-electron chi connectivity index (χ2n) is 5.18. The molecule has 0 unspecified atom stereocenters. The summed E-state index contributed by atoms with van der Waals surface area (Å²) < 4.78 is 0. The van der Waals surface area contributed by atoms with Gasteiger partial charge in [-0.1, -0.05) is 12.2 Å². The third-order valence-corrected chi connectivity index (χ3v) is 3.05. The first-order valence-corrected chi connectivity index (χ1v) is 6.02. The Bertz CT molecular complexity index is 277. The molecule has 1 amide bonds. The fourth-order valence-corrected chi connectivity index (χ4v) is 2.01. The topological polar surface area (TPSA) is 49.6 Å². The van der Waals surface area contributed by atoms with Crippen molar-refractivity contribution in [3.8, 4) is 0 Å². The summed E-state index contributed by atoms with van der Waals surface area (Å²) >= 11 is 4.74. The number of piperazine rings is 1. The number of carbonyl (C=O) groups is 1. The zero-order valence-electron chi connectivity index (χ0n) is 10.3. The van der Waals surface area contributed by atoms with Crippen LogP contribution in [-0.4, -0.2) is 52.4 Å². The van der Waals surface area contributed by atoms with Crippen LogP contribution in [-0.2, 0) is 4.79 Å². The van der Waals surface area contributed by atoms with E-state index in [2.05, 4.69) is 25.7 Å². The summed E-state index contributed by atoms with van der Waals surface area (Å²) in [5.41, 5.74) is 5.55. The van der Waals surface area contributed by atoms with Crippen LogP contribution in [0.25, 0.3) is 0 Å². The van der Waals surface area contributed by atoms with Crippen LogP contribution in [0, 0.1) is 0 Å². The number of carbonyl (C=O) groups excluding carboxylic acids is 1. The van der Waals surface area contributed by atoms with E-state index in [9.17, 15) is 4.79 Å². The van der Waals surface area contributed by atoms with Crippen molar-refractivity contribution in [2.75, 3.05) is 26.2 Å². The van der Waals surface area contributed by atoms with Crippen LogP contribution in [0.2, 0.25) is 0 Å². The maximum Gasteiger partial charge on any atom is 0.229 e. The molecule has 0 saturated carbocycles. The molecule has 0 aliphatic carbocycles. The van der Waals surface area contributed by atoms with E-state index in [1.54, 1.807) is 0 Å². The van der Waals surface area contributed by atoms with Gasteiger partial charge in [-0.2, -0.15) is 0 Å². The lowest BCUT2D eigenvalue weighted by molar-refractivity contribution is -0.132. The predicted molar refractivity (Wildman–Crippen MR) is 69.3 cm³/mol. The molecular weight excluding hydrogens is 222 g/mol. The van der Waals surface area contributed by atoms with Crippen LogP contribution in [0.3, 0.4) is 0 Å². The fraction of sp³-hybridized carbons (Fsp3) is 0.818. The van der Waals surface area contributed by atoms with Crippen molar-refractivity contribution in [2.24, 2.45) is 5.73 Å². The average molecular weight is 243 g/mol. The Morgan fingerprint density at radius 3 is 2.12 bits per heavy atom. The van der Waals surface area contributed by atoms with E-state index in [4.69, 9.17) is 18.0 Å². The van der Waals surface area contributed by atoms with Crippen LogP contribution in [0.5, 0.6) is 0 Å². The highest BCUT2D eigenvalue weighted by Crippen LogP contribution is 2.16. The summed E-state index contributed by atoms with van der Waals surface area (Å²) in [5, 5.41) is 0. The van der Waals surface area contributed by atoms with E-state index in [0.717, 1.165) is 26.2 Å². The molecule has 1 rings (SSSR count). The number of nitrogens with zero attached hydrogens (tertiary/aromatic N) is 2. The van der Waals surface area contributed by atoms with Gasteiger partial charge in [-0.05, 0) is 20.8 Å². The zero-order chi connectivity index (χ0) is 12.3. The van der Waals surface area contributed by atoms with Gasteiger partial charge < -0.3 is 10.6 Å². The van der Waals surface area contributed by atoms with Crippen LogP contribution in [0.1, 0.15) is 27.2 Å². The lowest BCUT2D eigenvalue weighted by Crippen LogP contribution is -2.54. The van der Waals surface area contributed by atoms with Gasteiger partial charge in [-0.25, -0.2) is 0 Å². The first-order chi connectivity index (χ1) is 7.30. The van der Waals surface area contributed by atoms with Crippen LogP contribution in [0.4, 0.5) is 0 Å². The standard InChI is InChI=1S/C11H21N3OS/c1-11(2,3)14-6-4-13(5-7-14)10(15)8-9(12)16/h4-8H2,1-3H3,(H2,12,16). The summed E-state index contributed by atoms with van der Waals surface area (Å²) in [6, 6.07) is 0. The molecule has 0 bridgehead atoms. The third kappa shape index (κ3) is 3.72. The van der Waals surface area contributed by atoms with E-state index in [1.165, 1.54) is 0 Å². The van der Waals surface area contributed by atoms with Gasteiger partial charge in [0.2, 0.25) is 5.91 Å². The molecule has 1 fully saturated rings. The molecule has 1 aliphatic heterocycles. The Balaban J connectivity index is 2.43. The number of nitrogens with two attached hydrogens (primary N) is 1. The van der Waals surface area contributed by atoms with E-state index >= 15 is 0 Å². The molecule has 92 valence electrons. The highest BCUT2D eigenvalue weighted by molar-refractivity contribution is 7.80. The predicted octanol–water partition coefficient (Wildman–Crippen LogP) is 0.605. The highest BCUT2D eigenvalue weighted by Gasteiger charge is 2.27. The fourth-order valence-electron chi connectivity index (χ4n) is 1.89. The first-order valence-electron chi connectivity index (χ1n) is 5.62. The van der Waals surface area contributed by atoms with Gasteiger partial charge in [0.15, 0.2) is 0 Å². The number of hydrogen-bond donors (Lipinski definition) is 1. The number of hydrogen-bond acceptors (Lipinski definition) is 3. The number of amides is 1. The molecule has 0 atom stereocenters. The van der Waals surface area contributed by atoms with E-state index in [1.807, 2.05) is 4.90 Å². The second kappa shape index (κ2) is 5.10. The van der Waals surface area contributed by atoms with Crippen LogP contribution in [0.15, 0.2) is 0 Å². The van der Waals surface area contributed by atoms with Crippen molar-refractivity contribution in [1.29, 1.82) is 0 Å². The van der Waals surface area contributed by atoms with E-state index in [-0.39, 0.29) is 22.9 Å². The SMILES string of the molecule is CC(C)(C)N1CCN(C(=O)CC(N)=S)CC1. The largest absolute Gasteiger partial charge is 0.393 e. The summed E-state index contributed by atoms with van der Waals surface area (Å²) in [5.74, 6) is 0.0565. The van der Waals surface area contributed by atoms with E-state index < -0.39 is 0 Å². The van der Waals surface area contributed by atoms with Crippen molar-refractivity contribution in [3.05, 3.63) is 0 Å². The molecule has 1 saturated heterocycles. The molecular formula is C11H21N3OS. The summed E-state index contributed by atoms with van der Waals surface area (Å²) in [6.45, 7) is 9.98. The Kier molecular flexibility index (Phi) is 4.27. The average Bonchev–Trinajstić information content (AvgIpc) is 2.15. The quantitative estimate of drug-likeness (QED) is 0.722. The van der Waals surface area contributed by atoms with Crippen molar-refractivity contribution in [2.45, 2.75) is 32.7 Å². The van der Waals surface area contributed by atoms with Gasteiger partial charge in [0.1, 0.15) is 0 Å². The van der Waals surface area contributed by atoms with Gasteiger partial charge in [0, 0.05) is 31.7 Å². The monoisotopic (exact) mass is 243 g/mol. The molecule has 0 aromatic carbocycles. The molecule has 4 nitrogen and oxygen atoms in total. The van der Waals surface area contributed by atoms with Crippen LogP contribution >= 0.6 is 12.2 Å². The maximum absolute atomic E-state index is 11.7. The Morgan fingerprint density at radius 2 is 1.75 bits per heavy atom. The molecule has 0 aromatic heterocycles. The number of thiocarbonyl (C=S) groups is 1. The minimum absolute atomic E-state index is 0.0565. The Morgan fingerprint density at radius 1 is 1.25 bits per heavy atom. The maximum atomic E-state index is 11.7. The molecule has 1 heterocycles. The van der Waals surface area contributed by atoms with Gasteiger partial charge in [-0.15, -0.1) is 0 Å². The summed E-state index contributed by atoms with van der Waals surface area (Å²) in [7, 11) is 0. The van der Waals surface area contributed by atoms with Crippen molar-refractivity contribution in [1.82, 2.24) is 9.80 Å². The Hall–Kier alpha value is -0.680. The van der Waals surface area contributed by atoms with Crippen molar-refractivity contribution < 1.29 is 4.79 Å². The van der Waals surface area contributed by atoms with Crippen LogP contribution < -0.4 is 5.73 Å². The minimum Gasteiger partial charge on any atom is -0.393 e. The number of rotatable bonds is 2. The molecule has 16 heavy (non-hydrogen) atoms. The van der Waals surface area contributed by atoms with Crippen molar-refractivity contribution >= 4 is 23.1 Å². The summed E-state index contributed by atoms with van der Waals surface area (Å²) in [4.78, 5) is 16.2. The molecule has 0 spiro atoms. The van der Waals surface area contributed by atoms with Gasteiger partial charge in [0.25, 0.3) is 0 Å². The Labute approximate surface area is 103 Å².